The first-order valence-electron chi connectivity index (χ1n) is 10.0. The molecule has 0 radical (unpaired) electrons. The minimum atomic E-state index is -0.349. The SMILES string of the molecule is CCN1CCc2nc(NC(=O)C3CCN(c4ccccc4[N+](=O)[O-])CC3)sc2C1. The number of carbonyl (C=O) groups is 1. The predicted molar refractivity (Wildman–Crippen MR) is 113 cm³/mol. The van der Waals surface area contributed by atoms with Gasteiger partial charge in [-0.2, -0.15) is 0 Å². The first-order valence-corrected chi connectivity index (χ1v) is 10.9. The van der Waals surface area contributed by atoms with Crippen LogP contribution in [0, 0.1) is 16.0 Å². The third-order valence-corrected chi connectivity index (χ3v) is 6.77. The first-order chi connectivity index (χ1) is 14.0. The number of anilines is 2. The number of piperidine rings is 1. The number of nitro groups is 1. The van der Waals surface area contributed by atoms with E-state index in [4.69, 9.17) is 0 Å². The molecule has 9 heteroatoms. The fourth-order valence-electron chi connectivity index (χ4n) is 4.05. The van der Waals surface area contributed by atoms with Crippen LogP contribution in [0.4, 0.5) is 16.5 Å². The Kier molecular flexibility index (Phi) is 5.77. The number of amides is 1. The Morgan fingerprint density at radius 1 is 1.31 bits per heavy atom. The van der Waals surface area contributed by atoms with E-state index in [0.29, 0.717) is 36.8 Å². The van der Waals surface area contributed by atoms with Gasteiger partial charge < -0.3 is 10.2 Å². The van der Waals surface area contributed by atoms with Gasteiger partial charge in [-0.25, -0.2) is 4.98 Å². The van der Waals surface area contributed by atoms with E-state index < -0.39 is 0 Å². The van der Waals surface area contributed by atoms with Crippen LogP contribution in [0.1, 0.15) is 30.3 Å². The Morgan fingerprint density at radius 3 is 2.79 bits per heavy atom. The van der Waals surface area contributed by atoms with Crippen molar-refractivity contribution in [3.05, 3.63) is 45.0 Å². The molecule has 29 heavy (non-hydrogen) atoms. The summed E-state index contributed by atoms with van der Waals surface area (Å²) in [6.07, 6.45) is 2.28. The molecule has 1 aromatic heterocycles. The molecule has 0 aliphatic carbocycles. The Balaban J connectivity index is 1.36. The monoisotopic (exact) mass is 415 g/mol. The van der Waals surface area contributed by atoms with Crippen LogP contribution in [-0.4, -0.2) is 46.9 Å². The summed E-state index contributed by atoms with van der Waals surface area (Å²) in [6.45, 7) is 6.37. The molecule has 0 bridgehead atoms. The standard InChI is InChI=1S/C20H25N5O3S/c1-2-23-10-9-15-18(13-23)29-20(21-15)22-19(26)14-7-11-24(12-8-14)16-5-3-4-6-17(16)25(27)28/h3-6,14H,2,7-13H2,1H3,(H,21,22,26). The van der Waals surface area contributed by atoms with Gasteiger partial charge in [-0.05, 0) is 25.5 Å². The van der Waals surface area contributed by atoms with Gasteiger partial charge in [-0.3, -0.25) is 19.8 Å². The van der Waals surface area contributed by atoms with Crippen LogP contribution in [0.25, 0.3) is 0 Å². The van der Waals surface area contributed by atoms with Crippen LogP contribution in [0.3, 0.4) is 0 Å². The van der Waals surface area contributed by atoms with Crippen molar-refractivity contribution in [1.82, 2.24) is 9.88 Å². The van der Waals surface area contributed by atoms with E-state index in [9.17, 15) is 14.9 Å². The Labute approximate surface area is 173 Å². The predicted octanol–water partition coefficient (Wildman–Crippen LogP) is 3.28. The summed E-state index contributed by atoms with van der Waals surface area (Å²) in [5.41, 5.74) is 1.86. The van der Waals surface area contributed by atoms with Gasteiger partial charge in [0.15, 0.2) is 5.13 Å². The fraction of sp³-hybridized carbons (Fsp3) is 0.500. The van der Waals surface area contributed by atoms with Gasteiger partial charge >= 0.3 is 0 Å². The molecule has 0 spiro atoms. The van der Waals surface area contributed by atoms with Crippen molar-refractivity contribution in [2.45, 2.75) is 32.7 Å². The van der Waals surface area contributed by atoms with Crippen LogP contribution in [0.2, 0.25) is 0 Å². The Bertz CT molecular complexity index is 907. The number of nitrogens with one attached hydrogen (secondary N) is 1. The lowest BCUT2D eigenvalue weighted by Crippen LogP contribution is -2.38. The largest absolute Gasteiger partial charge is 0.366 e. The summed E-state index contributed by atoms with van der Waals surface area (Å²) in [6, 6.07) is 6.79. The molecular formula is C20H25N5O3S. The van der Waals surface area contributed by atoms with E-state index >= 15 is 0 Å². The molecule has 3 heterocycles. The molecule has 0 unspecified atom stereocenters. The first kappa shape index (κ1) is 19.8. The highest BCUT2D eigenvalue weighted by atomic mass is 32.1. The van der Waals surface area contributed by atoms with Gasteiger partial charge in [0.1, 0.15) is 5.69 Å². The van der Waals surface area contributed by atoms with Crippen LogP contribution < -0.4 is 10.2 Å². The molecule has 4 rings (SSSR count). The quantitative estimate of drug-likeness (QED) is 0.595. The van der Waals surface area contributed by atoms with E-state index in [-0.39, 0.29) is 22.4 Å². The van der Waals surface area contributed by atoms with E-state index in [2.05, 4.69) is 22.1 Å². The summed E-state index contributed by atoms with van der Waals surface area (Å²) in [4.78, 5) is 33.9. The number of hydrogen-bond donors (Lipinski definition) is 1. The van der Waals surface area contributed by atoms with Crippen molar-refractivity contribution in [1.29, 1.82) is 0 Å². The molecule has 2 aliphatic rings. The van der Waals surface area contributed by atoms with E-state index in [0.717, 1.165) is 31.7 Å². The number of aromatic nitrogens is 1. The summed E-state index contributed by atoms with van der Waals surface area (Å²) < 4.78 is 0. The number of likely N-dealkylation sites (N-methyl/N-ethyl adjacent to an activating group) is 1. The topological polar surface area (TPSA) is 91.6 Å². The lowest BCUT2D eigenvalue weighted by Gasteiger charge is -2.32. The highest BCUT2D eigenvalue weighted by Crippen LogP contribution is 2.32. The zero-order chi connectivity index (χ0) is 20.4. The molecular weight excluding hydrogens is 390 g/mol. The van der Waals surface area contributed by atoms with E-state index in [1.54, 1.807) is 23.5 Å². The van der Waals surface area contributed by atoms with Gasteiger partial charge in [-0.15, -0.1) is 11.3 Å². The summed E-state index contributed by atoms with van der Waals surface area (Å²) >= 11 is 1.58. The number of benzene rings is 1. The smallest absolute Gasteiger partial charge is 0.292 e. The fourth-order valence-corrected chi connectivity index (χ4v) is 5.10. The number of nitro benzene ring substituents is 1. The van der Waals surface area contributed by atoms with Crippen molar-refractivity contribution in [2.24, 2.45) is 5.92 Å². The van der Waals surface area contributed by atoms with Gasteiger partial charge in [0.05, 0.1) is 10.6 Å². The molecule has 1 N–H and O–H groups in total. The van der Waals surface area contributed by atoms with Crippen LogP contribution in [-0.2, 0) is 17.8 Å². The summed E-state index contributed by atoms with van der Waals surface area (Å²) in [5, 5.41) is 15.0. The average molecular weight is 416 g/mol. The average Bonchev–Trinajstić information content (AvgIpc) is 3.15. The number of thiazole rings is 1. The van der Waals surface area contributed by atoms with Gasteiger partial charge in [0, 0.05) is 49.5 Å². The lowest BCUT2D eigenvalue weighted by atomic mass is 9.95. The number of fused-ring (bicyclic) bond motifs is 1. The van der Waals surface area contributed by atoms with Crippen molar-refractivity contribution in [3.8, 4) is 0 Å². The van der Waals surface area contributed by atoms with Gasteiger partial charge in [0.25, 0.3) is 5.69 Å². The molecule has 0 atom stereocenters. The van der Waals surface area contributed by atoms with E-state index in [1.807, 2.05) is 11.0 Å². The number of carbonyl (C=O) groups excluding carboxylic acids is 1. The number of rotatable bonds is 5. The minimum absolute atomic E-state index is 0.00524. The molecule has 154 valence electrons. The zero-order valence-electron chi connectivity index (χ0n) is 16.5. The highest BCUT2D eigenvalue weighted by molar-refractivity contribution is 7.15. The molecule has 2 aromatic rings. The third-order valence-electron chi connectivity index (χ3n) is 5.77. The maximum absolute atomic E-state index is 12.7. The number of nitrogens with zero attached hydrogens (tertiary/aromatic N) is 4. The minimum Gasteiger partial charge on any atom is -0.366 e. The number of hydrogen-bond acceptors (Lipinski definition) is 7. The molecule has 8 nitrogen and oxygen atoms in total. The summed E-state index contributed by atoms with van der Waals surface area (Å²) in [7, 11) is 0. The highest BCUT2D eigenvalue weighted by Gasteiger charge is 2.29. The number of para-hydroxylation sites is 2. The van der Waals surface area contributed by atoms with Gasteiger partial charge in [0.2, 0.25) is 5.91 Å². The van der Waals surface area contributed by atoms with E-state index in [1.165, 1.54) is 10.9 Å². The molecule has 2 aliphatic heterocycles. The normalized spacial score (nSPS) is 17.8. The lowest BCUT2D eigenvalue weighted by molar-refractivity contribution is -0.384. The van der Waals surface area contributed by atoms with Crippen molar-refractivity contribution < 1.29 is 9.72 Å². The molecule has 1 amide bonds. The molecule has 0 saturated carbocycles. The summed E-state index contributed by atoms with van der Waals surface area (Å²) in [5.74, 6) is -0.0901. The second kappa shape index (κ2) is 8.46. The third kappa shape index (κ3) is 4.25. The maximum atomic E-state index is 12.7. The zero-order valence-corrected chi connectivity index (χ0v) is 17.3. The Morgan fingerprint density at radius 2 is 2.07 bits per heavy atom. The van der Waals surface area contributed by atoms with Gasteiger partial charge in [-0.1, -0.05) is 19.1 Å². The molecule has 1 saturated heterocycles. The maximum Gasteiger partial charge on any atom is 0.292 e. The molecule has 1 fully saturated rings. The van der Waals surface area contributed by atoms with Crippen molar-refractivity contribution in [2.75, 3.05) is 36.4 Å². The van der Waals surface area contributed by atoms with Crippen molar-refractivity contribution in [3.63, 3.8) is 0 Å². The van der Waals surface area contributed by atoms with Crippen LogP contribution in [0.5, 0.6) is 0 Å². The van der Waals surface area contributed by atoms with Crippen LogP contribution >= 0.6 is 11.3 Å². The Hall–Kier alpha value is -2.52. The molecule has 1 aromatic carbocycles. The second-order valence-electron chi connectivity index (χ2n) is 7.50. The van der Waals surface area contributed by atoms with Crippen molar-refractivity contribution >= 4 is 33.8 Å². The second-order valence-corrected chi connectivity index (χ2v) is 8.59. The van der Waals surface area contributed by atoms with Crippen LogP contribution in [0.15, 0.2) is 24.3 Å².